The molecule has 2 aliphatic heterocycles. The van der Waals surface area contributed by atoms with Crippen molar-refractivity contribution >= 4 is 23.4 Å². The molecular weight excluding hydrogens is 455 g/mol. The third-order valence-corrected chi connectivity index (χ3v) is 6.34. The number of hydrogen-bond donors (Lipinski definition) is 2. The van der Waals surface area contributed by atoms with Gasteiger partial charge in [0.1, 0.15) is 17.8 Å². The molecule has 0 radical (unpaired) electrons. The molecular formula is C21H24F3N7O3. The van der Waals surface area contributed by atoms with Crippen molar-refractivity contribution in [1.29, 1.82) is 0 Å². The first-order valence-corrected chi connectivity index (χ1v) is 11.1. The molecule has 2 aromatic rings. The largest absolute Gasteiger partial charge is 0.487 e. The smallest absolute Gasteiger partial charge is 0.451 e. The van der Waals surface area contributed by atoms with Crippen LogP contribution in [0.15, 0.2) is 12.4 Å². The summed E-state index contributed by atoms with van der Waals surface area (Å²) in [4.78, 5) is 32.2. The predicted octanol–water partition coefficient (Wildman–Crippen LogP) is 1.79. The number of aryl methyl sites for hydroxylation is 1. The van der Waals surface area contributed by atoms with Crippen LogP contribution in [-0.2, 0) is 17.4 Å². The van der Waals surface area contributed by atoms with E-state index in [0.29, 0.717) is 36.8 Å². The van der Waals surface area contributed by atoms with Crippen LogP contribution in [0.25, 0.3) is 0 Å². The van der Waals surface area contributed by atoms with E-state index in [-0.39, 0.29) is 23.8 Å². The molecule has 2 atom stereocenters. The van der Waals surface area contributed by atoms with E-state index < -0.39 is 24.1 Å². The number of aliphatic hydroxyl groups excluding tert-OH is 1. The SMILES string of the molecule is C[C@@H](O)[C@H]1C(=O)N2CCCc3nc(N[C@H]4C[C@H](Oc5cnc(C(F)(F)F)nc5)C4)nc(c32)N1C. The zero-order chi connectivity index (χ0) is 24.2. The van der Waals surface area contributed by atoms with Gasteiger partial charge in [0.05, 0.1) is 24.2 Å². The van der Waals surface area contributed by atoms with Gasteiger partial charge in [-0.05, 0) is 19.8 Å². The highest BCUT2D eigenvalue weighted by molar-refractivity contribution is 6.06. The van der Waals surface area contributed by atoms with Crippen molar-refractivity contribution in [2.75, 3.05) is 28.7 Å². The average Bonchev–Trinajstić information content (AvgIpc) is 2.75. The van der Waals surface area contributed by atoms with E-state index in [1.165, 1.54) is 0 Å². The van der Waals surface area contributed by atoms with E-state index in [2.05, 4.69) is 25.3 Å². The zero-order valence-electron chi connectivity index (χ0n) is 18.6. The Kier molecular flexibility index (Phi) is 5.46. The number of nitrogens with one attached hydrogen (secondary N) is 1. The Labute approximate surface area is 193 Å². The van der Waals surface area contributed by atoms with Gasteiger partial charge in [-0.15, -0.1) is 0 Å². The van der Waals surface area contributed by atoms with E-state index in [1.54, 1.807) is 23.8 Å². The molecule has 13 heteroatoms. The molecule has 5 rings (SSSR count). The van der Waals surface area contributed by atoms with Crippen molar-refractivity contribution < 1.29 is 27.8 Å². The highest BCUT2D eigenvalue weighted by atomic mass is 19.4. The van der Waals surface area contributed by atoms with Gasteiger partial charge >= 0.3 is 6.18 Å². The van der Waals surface area contributed by atoms with E-state index in [4.69, 9.17) is 4.74 Å². The number of amides is 1. The van der Waals surface area contributed by atoms with Gasteiger partial charge in [-0.2, -0.15) is 18.2 Å². The van der Waals surface area contributed by atoms with E-state index in [9.17, 15) is 23.1 Å². The van der Waals surface area contributed by atoms with Crippen LogP contribution in [0.1, 0.15) is 37.7 Å². The Bertz CT molecular complexity index is 1090. The van der Waals surface area contributed by atoms with E-state index >= 15 is 0 Å². The summed E-state index contributed by atoms with van der Waals surface area (Å²) in [6.07, 6.45) is -0.886. The fourth-order valence-electron chi connectivity index (χ4n) is 4.65. The normalized spacial score (nSPS) is 24.9. The number of alkyl halides is 3. The van der Waals surface area contributed by atoms with Crippen LogP contribution in [-0.4, -0.2) is 68.8 Å². The van der Waals surface area contributed by atoms with Crippen LogP contribution >= 0.6 is 0 Å². The van der Waals surface area contributed by atoms with Crippen LogP contribution in [0.2, 0.25) is 0 Å². The first-order chi connectivity index (χ1) is 16.1. The molecule has 1 saturated carbocycles. The van der Waals surface area contributed by atoms with Crippen LogP contribution in [0, 0.1) is 0 Å². The summed E-state index contributed by atoms with van der Waals surface area (Å²) in [5.41, 5.74) is 1.50. The third-order valence-electron chi connectivity index (χ3n) is 6.34. The minimum Gasteiger partial charge on any atom is -0.487 e. The Morgan fingerprint density at radius 1 is 1.24 bits per heavy atom. The summed E-state index contributed by atoms with van der Waals surface area (Å²) in [6, 6.07) is -0.693. The molecule has 10 nitrogen and oxygen atoms in total. The van der Waals surface area contributed by atoms with Gasteiger partial charge in [0.25, 0.3) is 5.91 Å². The number of anilines is 3. The third kappa shape index (κ3) is 3.97. The maximum Gasteiger partial charge on any atom is 0.451 e. The van der Waals surface area contributed by atoms with Crippen molar-refractivity contribution in [3.8, 4) is 5.75 Å². The molecule has 182 valence electrons. The molecule has 1 amide bonds. The van der Waals surface area contributed by atoms with Gasteiger partial charge in [-0.3, -0.25) is 4.79 Å². The molecule has 1 fully saturated rings. The predicted molar refractivity (Wildman–Crippen MR) is 115 cm³/mol. The summed E-state index contributed by atoms with van der Waals surface area (Å²) in [7, 11) is 1.74. The first-order valence-electron chi connectivity index (χ1n) is 11.1. The average molecular weight is 479 g/mol. The summed E-state index contributed by atoms with van der Waals surface area (Å²) < 4.78 is 43.4. The van der Waals surface area contributed by atoms with Gasteiger partial charge in [0, 0.05) is 32.5 Å². The standard InChI is InChI=1S/C21H24F3N7O3/c1-10(32)15-18(33)31-5-3-4-14-16(31)17(30(15)2)29-20(28-14)27-11-6-12(7-11)34-13-8-25-19(26-9-13)21(22,23)24/h8-12,15,32H,3-7H2,1-2H3,(H,27,28,29)/t10-,11-,12-,15+/m1/s1. The summed E-state index contributed by atoms with van der Waals surface area (Å²) in [6.45, 7) is 2.16. The summed E-state index contributed by atoms with van der Waals surface area (Å²) in [5.74, 6) is -0.137. The molecule has 34 heavy (non-hydrogen) atoms. The molecule has 0 aromatic carbocycles. The van der Waals surface area contributed by atoms with Gasteiger partial charge in [0.2, 0.25) is 11.8 Å². The maximum atomic E-state index is 12.9. The number of halogens is 3. The topological polar surface area (TPSA) is 117 Å². The Morgan fingerprint density at radius 3 is 2.59 bits per heavy atom. The second-order valence-electron chi connectivity index (χ2n) is 8.85. The minimum atomic E-state index is -4.59. The molecule has 2 N–H and O–H groups in total. The lowest BCUT2D eigenvalue weighted by Gasteiger charge is -2.43. The fourth-order valence-corrected chi connectivity index (χ4v) is 4.65. The van der Waals surface area contributed by atoms with Gasteiger partial charge in [-0.25, -0.2) is 15.0 Å². The Morgan fingerprint density at radius 2 is 1.94 bits per heavy atom. The zero-order valence-corrected chi connectivity index (χ0v) is 18.6. The van der Waals surface area contributed by atoms with Crippen LogP contribution < -0.4 is 19.9 Å². The number of ether oxygens (including phenoxy) is 1. The number of rotatable bonds is 5. The molecule has 0 bridgehead atoms. The summed E-state index contributed by atoms with van der Waals surface area (Å²) in [5, 5.41) is 13.5. The minimum absolute atomic E-state index is 0.0217. The van der Waals surface area contributed by atoms with Crippen LogP contribution in [0.4, 0.5) is 30.6 Å². The monoisotopic (exact) mass is 479 g/mol. The molecule has 3 aliphatic rings. The lowest BCUT2D eigenvalue weighted by molar-refractivity contribution is -0.145. The van der Waals surface area contributed by atoms with Crippen LogP contribution in [0.3, 0.4) is 0 Å². The lowest BCUT2D eigenvalue weighted by atomic mass is 9.89. The molecule has 0 spiro atoms. The Hall–Kier alpha value is -3.22. The van der Waals surface area contributed by atoms with Crippen molar-refractivity contribution in [3.63, 3.8) is 0 Å². The lowest BCUT2D eigenvalue weighted by Crippen LogP contribution is -2.58. The fraction of sp³-hybridized carbons (Fsp3) is 0.571. The van der Waals surface area contributed by atoms with Crippen molar-refractivity contribution in [2.24, 2.45) is 0 Å². The first kappa shape index (κ1) is 22.6. The van der Waals surface area contributed by atoms with Gasteiger partial charge in [-0.1, -0.05) is 0 Å². The second-order valence-corrected chi connectivity index (χ2v) is 8.85. The number of aliphatic hydroxyl groups is 1. The van der Waals surface area contributed by atoms with Crippen molar-refractivity contribution in [3.05, 3.63) is 23.9 Å². The molecule has 4 heterocycles. The van der Waals surface area contributed by atoms with E-state index in [1.807, 2.05) is 0 Å². The quantitative estimate of drug-likeness (QED) is 0.662. The molecule has 1 aliphatic carbocycles. The number of aromatic nitrogens is 4. The number of nitrogens with zero attached hydrogens (tertiary/aromatic N) is 6. The summed E-state index contributed by atoms with van der Waals surface area (Å²) >= 11 is 0. The highest BCUT2D eigenvalue weighted by Gasteiger charge is 2.43. The molecule has 0 saturated heterocycles. The van der Waals surface area contributed by atoms with Crippen molar-refractivity contribution in [2.45, 2.75) is 63.1 Å². The number of carbonyl (C=O) groups excluding carboxylic acids is 1. The second kappa shape index (κ2) is 8.22. The molecule has 2 aromatic heterocycles. The van der Waals surface area contributed by atoms with Gasteiger partial charge in [0.15, 0.2) is 11.6 Å². The number of likely N-dealkylation sites (N-methyl/N-ethyl adjacent to an activating group) is 1. The number of hydrogen-bond acceptors (Lipinski definition) is 9. The van der Waals surface area contributed by atoms with Crippen molar-refractivity contribution in [1.82, 2.24) is 19.9 Å². The van der Waals surface area contributed by atoms with Crippen LogP contribution in [0.5, 0.6) is 5.75 Å². The Balaban J connectivity index is 1.26. The highest BCUT2D eigenvalue weighted by Crippen LogP contribution is 2.41. The van der Waals surface area contributed by atoms with Gasteiger partial charge < -0.3 is 25.0 Å². The molecule has 0 unspecified atom stereocenters. The maximum absolute atomic E-state index is 12.9. The number of carbonyl (C=O) groups is 1. The van der Waals surface area contributed by atoms with E-state index in [0.717, 1.165) is 30.9 Å².